The topological polar surface area (TPSA) is 72.5 Å². The average molecular weight is 395 g/mol. The molecule has 0 fully saturated rings. The Morgan fingerprint density at radius 2 is 1.71 bits per heavy atom. The molecule has 6 heteroatoms. The van der Waals surface area contributed by atoms with Gasteiger partial charge in [0.25, 0.3) is 5.91 Å². The first-order chi connectivity index (χ1) is 13.3. The van der Waals surface area contributed by atoms with Gasteiger partial charge in [-0.3, -0.25) is 4.79 Å². The lowest BCUT2D eigenvalue weighted by Crippen LogP contribution is -2.14. The van der Waals surface area contributed by atoms with Crippen LogP contribution in [-0.2, 0) is 16.4 Å². The lowest BCUT2D eigenvalue weighted by molar-refractivity contribution is 0.102. The minimum atomic E-state index is -3.39. The number of carbonyl (C=O) groups is 1. The second-order valence-corrected chi connectivity index (χ2v) is 8.54. The molecule has 0 aliphatic rings. The van der Waals surface area contributed by atoms with Crippen molar-refractivity contribution in [1.29, 1.82) is 0 Å². The number of anilines is 1. The molecule has 1 N–H and O–H groups in total. The fraction of sp³-hybridized carbons (Fsp3) is 0.136. The van der Waals surface area contributed by atoms with Crippen LogP contribution in [0.1, 0.15) is 21.5 Å². The standard InChI is InChI=1S/C22H21NO4S/c1-16-11-12-20(21(13-16)27-15-17-7-4-3-5-8-17)23-22(24)18-9-6-10-19(14-18)28(2,25)26/h3-14H,15H2,1-2H3,(H,23,24). The van der Waals surface area contributed by atoms with Gasteiger partial charge in [0.15, 0.2) is 9.84 Å². The first-order valence-electron chi connectivity index (χ1n) is 8.72. The summed E-state index contributed by atoms with van der Waals surface area (Å²) in [7, 11) is -3.39. The Morgan fingerprint density at radius 3 is 2.43 bits per heavy atom. The molecule has 1 amide bonds. The van der Waals surface area contributed by atoms with Crippen molar-refractivity contribution in [2.24, 2.45) is 0 Å². The third-order valence-electron chi connectivity index (χ3n) is 4.15. The summed E-state index contributed by atoms with van der Waals surface area (Å²) in [6.45, 7) is 2.31. The summed E-state index contributed by atoms with van der Waals surface area (Å²) in [4.78, 5) is 12.7. The van der Waals surface area contributed by atoms with E-state index in [4.69, 9.17) is 4.74 Å². The molecule has 0 unspecified atom stereocenters. The maximum atomic E-state index is 12.6. The molecule has 144 valence electrons. The zero-order valence-corrected chi connectivity index (χ0v) is 16.5. The third kappa shape index (κ3) is 4.98. The van der Waals surface area contributed by atoms with E-state index in [1.807, 2.05) is 49.4 Å². The number of aryl methyl sites for hydroxylation is 1. The molecule has 0 heterocycles. The Hall–Kier alpha value is -3.12. The van der Waals surface area contributed by atoms with E-state index in [1.165, 1.54) is 12.1 Å². The molecule has 0 aliphatic carbocycles. The minimum Gasteiger partial charge on any atom is -0.487 e. The zero-order valence-electron chi connectivity index (χ0n) is 15.7. The van der Waals surface area contributed by atoms with Gasteiger partial charge in [0.2, 0.25) is 0 Å². The molecule has 3 aromatic carbocycles. The van der Waals surface area contributed by atoms with Gasteiger partial charge in [-0.15, -0.1) is 0 Å². The van der Waals surface area contributed by atoms with E-state index < -0.39 is 15.7 Å². The molecular weight excluding hydrogens is 374 g/mol. The summed E-state index contributed by atoms with van der Waals surface area (Å²) in [6, 6.07) is 21.2. The highest BCUT2D eigenvalue weighted by Gasteiger charge is 2.14. The molecule has 0 aliphatic heterocycles. The van der Waals surface area contributed by atoms with Gasteiger partial charge >= 0.3 is 0 Å². The van der Waals surface area contributed by atoms with Crippen molar-refractivity contribution in [2.75, 3.05) is 11.6 Å². The molecule has 28 heavy (non-hydrogen) atoms. The normalized spacial score (nSPS) is 11.1. The van der Waals surface area contributed by atoms with Crippen molar-refractivity contribution >= 4 is 21.4 Å². The largest absolute Gasteiger partial charge is 0.487 e. The van der Waals surface area contributed by atoms with E-state index in [0.29, 0.717) is 18.0 Å². The van der Waals surface area contributed by atoms with E-state index in [9.17, 15) is 13.2 Å². The van der Waals surface area contributed by atoms with Crippen molar-refractivity contribution in [1.82, 2.24) is 0 Å². The zero-order chi connectivity index (χ0) is 20.1. The highest BCUT2D eigenvalue weighted by Crippen LogP contribution is 2.27. The quantitative estimate of drug-likeness (QED) is 0.678. The first-order valence-corrected chi connectivity index (χ1v) is 10.6. The number of hydrogen-bond donors (Lipinski definition) is 1. The van der Waals surface area contributed by atoms with Crippen LogP contribution in [0.15, 0.2) is 77.7 Å². The number of rotatable bonds is 6. The summed E-state index contributed by atoms with van der Waals surface area (Å²) >= 11 is 0. The lowest BCUT2D eigenvalue weighted by Gasteiger charge is -2.14. The smallest absolute Gasteiger partial charge is 0.255 e. The van der Waals surface area contributed by atoms with Crippen LogP contribution < -0.4 is 10.1 Å². The number of hydrogen-bond acceptors (Lipinski definition) is 4. The number of ether oxygens (including phenoxy) is 1. The minimum absolute atomic E-state index is 0.101. The highest BCUT2D eigenvalue weighted by molar-refractivity contribution is 7.90. The van der Waals surface area contributed by atoms with Crippen LogP contribution in [-0.4, -0.2) is 20.6 Å². The molecule has 0 atom stereocenters. The van der Waals surface area contributed by atoms with Crippen molar-refractivity contribution in [3.8, 4) is 5.75 Å². The molecule has 0 aromatic heterocycles. The third-order valence-corrected chi connectivity index (χ3v) is 5.26. The fourth-order valence-electron chi connectivity index (χ4n) is 2.65. The first kappa shape index (κ1) is 19.6. The second-order valence-electron chi connectivity index (χ2n) is 6.53. The van der Waals surface area contributed by atoms with Crippen LogP contribution in [0.4, 0.5) is 5.69 Å². The van der Waals surface area contributed by atoms with E-state index in [0.717, 1.165) is 17.4 Å². The van der Waals surface area contributed by atoms with Crippen molar-refractivity contribution in [3.05, 3.63) is 89.5 Å². The maximum Gasteiger partial charge on any atom is 0.255 e. The van der Waals surface area contributed by atoms with Crippen molar-refractivity contribution in [2.45, 2.75) is 18.4 Å². The molecule has 3 aromatic rings. The molecule has 0 saturated heterocycles. The molecule has 0 bridgehead atoms. The number of sulfone groups is 1. The monoisotopic (exact) mass is 395 g/mol. The average Bonchev–Trinajstić information content (AvgIpc) is 2.68. The van der Waals surface area contributed by atoms with Crippen molar-refractivity contribution < 1.29 is 17.9 Å². The van der Waals surface area contributed by atoms with Gasteiger partial charge in [-0.25, -0.2) is 8.42 Å². The summed E-state index contributed by atoms with van der Waals surface area (Å²) in [6.07, 6.45) is 1.11. The van der Waals surface area contributed by atoms with Crippen LogP contribution >= 0.6 is 0 Å². The van der Waals surface area contributed by atoms with Crippen LogP contribution in [0.25, 0.3) is 0 Å². The second kappa shape index (κ2) is 8.27. The predicted molar refractivity (Wildman–Crippen MR) is 109 cm³/mol. The van der Waals surface area contributed by atoms with Crippen molar-refractivity contribution in [3.63, 3.8) is 0 Å². The van der Waals surface area contributed by atoms with Gasteiger partial charge in [-0.05, 0) is 48.4 Å². The highest BCUT2D eigenvalue weighted by atomic mass is 32.2. The molecule has 5 nitrogen and oxygen atoms in total. The summed E-state index contributed by atoms with van der Waals surface area (Å²) in [5, 5.41) is 2.81. The van der Waals surface area contributed by atoms with Crippen LogP contribution in [0.3, 0.4) is 0 Å². The van der Waals surface area contributed by atoms with E-state index in [2.05, 4.69) is 5.32 Å². The lowest BCUT2D eigenvalue weighted by atomic mass is 10.1. The Bertz CT molecular complexity index is 1090. The van der Waals surface area contributed by atoms with Gasteiger partial charge in [0.1, 0.15) is 12.4 Å². The van der Waals surface area contributed by atoms with E-state index >= 15 is 0 Å². The number of benzene rings is 3. The van der Waals surface area contributed by atoms with Crippen LogP contribution in [0, 0.1) is 6.92 Å². The van der Waals surface area contributed by atoms with Gasteiger partial charge in [0, 0.05) is 11.8 Å². The van der Waals surface area contributed by atoms with Gasteiger partial charge in [-0.1, -0.05) is 42.5 Å². The Balaban J connectivity index is 1.81. The molecular formula is C22H21NO4S. The van der Waals surface area contributed by atoms with E-state index in [-0.39, 0.29) is 10.5 Å². The SMILES string of the molecule is Cc1ccc(NC(=O)c2cccc(S(C)(=O)=O)c2)c(OCc2ccccc2)c1. The number of carbonyl (C=O) groups excluding carboxylic acids is 1. The van der Waals surface area contributed by atoms with Gasteiger partial charge in [-0.2, -0.15) is 0 Å². The van der Waals surface area contributed by atoms with Crippen LogP contribution in [0.5, 0.6) is 5.75 Å². The summed E-state index contributed by atoms with van der Waals surface area (Å²) in [5.41, 5.74) is 2.80. The molecule has 0 saturated carbocycles. The molecule has 0 radical (unpaired) electrons. The Kier molecular flexibility index (Phi) is 5.80. The van der Waals surface area contributed by atoms with Crippen LogP contribution in [0.2, 0.25) is 0 Å². The molecule has 3 rings (SSSR count). The summed E-state index contributed by atoms with van der Waals surface area (Å²) < 4.78 is 29.4. The predicted octanol–water partition coefficient (Wildman–Crippen LogP) is 4.23. The van der Waals surface area contributed by atoms with Gasteiger partial charge < -0.3 is 10.1 Å². The molecule has 0 spiro atoms. The maximum absolute atomic E-state index is 12.6. The number of nitrogens with one attached hydrogen (secondary N) is 1. The Morgan fingerprint density at radius 1 is 0.964 bits per heavy atom. The fourth-order valence-corrected chi connectivity index (χ4v) is 3.32. The Labute approximate surface area is 164 Å². The summed E-state index contributed by atoms with van der Waals surface area (Å²) in [5.74, 6) is 0.149. The number of amides is 1. The van der Waals surface area contributed by atoms with E-state index in [1.54, 1.807) is 18.2 Å². The van der Waals surface area contributed by atoms with Gasteiger partial charge in [0.05, 0.1) is 10.6 Å².